The summed E-state index contributed by atoms with van der Waals surface area (Å²) in [5.41, 5.74) is 4.62. The SMILES string of the molecule is CC.CC(C)COc1ccc(-c2c(C(C)(C)O)oc(=O)c3ccccc23)cc1OC(C)C(N)=O. The lowest BCUT2D eigenvalue weighted by Crippen LogP contribution is -2.30. The predicted molar refractivity (Wildman–Crippen MR) is 134 cm³/mol. The third kappa shape index (κ3) is 6.17. The molecule has 34 heavy (non-hydrogen) atoms. The highest BCUT2D eigenvalue weighted by Gasteiger charge is 2.28. The summed E-state index contributed by atoms with van der Waals surface area (Å²) in [6.45, 7) is 13.2. The first-order valence-corrected chi connectivity index (χ1v) is 11.5. The van der Waals surface area contributed by atoms with Crippen LogP contribution in [0.5, 0.6) is 11.5 Å². The Kier molecular flexibility index (Phi) is 8.87. The zero-order valence-corrected chi connectivity index (χ0v) is 21.0. The number of rotatable bonds is 8. The van der Waals surface area contributed by atoms with E-state index in [1.54, 1.807) is 57.2 Å². The van der Waals surface area contributed by atoms with Crippen LogP contribution in [0.2, 0.25) is 0 Å². The number of hydrogen-bond donors (Lipinski definition) is 2. The van der Waals surface area contributed by atoms with Crippen molar-refractivity contribution in [3.05, 3.63) is 58.6 Å². The van der Waals surface area contributed by atoms with Gasteiger partial charge >= 0.3 is 5.63 Å². The van der Waals surface area contributed by atoms with Gasteiger partial charge in [0.15, 0.2) is 17.6 Å². The Morgan fingerprint density at radius 3 is 2.24 bits per heavy atom. The van der Waals surface area contributed by atoms with E-state index in [0.29, 0.717) is 40.0 Å². The number of benzene rings is 2. The van der Waals surface area contributed by atoms with Crippen LogP contribution in [0, 0.1) is 5.92 Å². The number of carbonyl (C=O) groups is 1. The second kappa shape index (κ2) is 11.2. The Labute approximate surface area is 200 Å². The van der Waals surface area contributed by atoms with Crippen molar-refractivity contribution < 1.29 is 23.8 Å². The van der Waals surface area contributed by atoms with Gasteiger partial charge in [-0.15, -0.1) is 0 Å². The van der Waals surface area contributed by atoms with E-state index in [0.717, 1.165) is 0 Å². The van der Waals surface area contributed by atoms with E-state index in [1.165, 1.54) is 0 Å². The highest BCUT2D eigenvalue weighted by atomic mass is 16.5. The van der Waals surface area contributed by atoms with Crippen LogP contribution in [0.3, 0.4) is 0 Å². The first-order chi connectivity index (χ1) is 16.0. The van der Waals surface area contributed by atoms with Crippen LogP contribution in [0.1, 0.15) is 54.2 Å². The highest BCUT2D eigenvalue weighted by molar-refractivity contribution is 5.97. The molecule has 0 spiro atoms. The average Bonchev–Trinajstić information content (AvgIpc) is 2.78. The fraction of sp³-hybridized carbons (Fsp3) is 0.407. The number of ether oxygens (including phenoxy) is 2. The summed E-state index contributed by atoms with van der Waals surface area (Å²) >= 11 is 0. The molecule has 1 aromatic heterocycles. The Morgan fingerprint density at radius 1 is 1.06 bits per heavy atom. The van der Waals surface area contributed by atoms with Crippen molar-refractivity contribution in [3.8, 4) is 22.6 Å². The number of aliphatic hydroxyl groups is 1. The van der Waals surface area contributed by atoms with E-state index in [1.807, 2.05) is 33.8 Å². The van der Waals surface area contributed by atoms with E-state index >= 15 is 0 Å². The van der Waals surface area contributed by atoms with Crippen LogP contribution in [-0.2, 0) is 10.4 Å². The molecule has 184 valence electrons. The van der Waals surface area contributed by atoms with Gasteiger partial charge in [-0.05, 0) is 50.5 Å². The summed E-state index contributed by atoms with van der Waals surface area (Å²) in [6.07, 6.45) is -0.883. The largest absolute Gasteiger partial charge is 0.489 e. The monoisotopic (exact) mass is 469 g/mol. The molecule has 0 saturated carbocycles. The van der Waals surface area contributed by atoms with Crippen LogP contribution < -0.4 is 20.8 Å². The maximum atomic E-state index is 12.5. The van der Waals surface area contributed by atoms with E-state index < -0.39 is 23.2 Å². The molecule has 1 heterocycles. The Balaban J connectivity index is 0.00000199. The van der Waals surface area contributed by atoms with Crippen molar-refractivity contribution >= 4 is 16.7 Å². The van der Waals surface area contributed by atoms with Gasteiger partial charge in [0.1, 0.15) is 11.4 Å². The number of hydrogen-bond acceptors (Lipinski definition) is 6. The highest BCUT2D eigenvalue weighted by Crippen LogP contribution is 2.40. The number of carbonyl (C=O) groups excluding carboxylic acids is 1. The fourth-order valence-corrected chi connectivity index (χ4v) is 3.30. The molecule has 3 N–H and O–H groups in total. The van der Waals surface area contributed by atoms with Gasteiger partial charge in [0.25, 0.3) is 5.91 Å². The smallest absolute Gasteiger partial charge is 0.343 e. The molecule has 1 amide bonds. The normalized spacial score (nSPS) is 12.1. The summed E-state index contributed by atoms with van der Waals surface area (Å²) in [7, 11) is 0. The molecule has 0 bridgehead atoms. The first kappa shape index (κ1) is 26.9. The molecule has 0 fully saturated rings. The molecule has 1 unspecified atom stereocenters. The van der Waals surface area contributed by atoms with Gasteiger partial charge in [-0.3, -0.25) is 4.79 Å². The Hall–Kier alpha value is -3.32. The molecule has 0 saturated heterocycles. The Morgan fingerprint density at radius 2 is 1.68 bits per heavy atom. The number of amides is 1. The lowest BCUT2D eigenvalue weighted by Gasteiger charge is -2.22. The van der Waals surface area contributed by atoms with Crippen molar-refractivity contribution in [2.75, 3.05) is 6.61 Å². The minimum Gasteiger partial charge on any atom is -0.489 e. The average molecular weight is 470 g/mol. The van der Waals surface area contributed by atoms with Gasteiger partial charge in [0.05, 0.1) is 12.0 Å². The van der Waals surface area contributed by atoms with Crippen LogP contribution in [-0.4, -0.2) is 23.7 Å². The van der Waals surface area contributed by atoms with Crippen molar-refractivity contribution in [1.82, 2.24) is 0 Å². The molecular weight excluding hydrogens is 434 g/mol. The third-order valence-corrected chi connectivity index (χ3v) is 4.90. The summed E-state index contributed by atoms with van der Waals surface area (Å²) in [5.74, 6) is 0.586. The molecule has 0 aliphatic heterocycles. The first-order valence-electron chi connectivity index (χ1n) is 11.5. The maximum Gasteiger partial charge on any atom is 0.343 e. The molecule has 0 radical (unpaired) electrons. The summed E-state index contributed by atoms with van der Waals surface area (Å²) in [5, 5.41) is 11.8. The van der Waals surface area contributed by atoms with Gasteiger partial charge < -0.3 is 24.7 Å². The topological polar surface area (TPSA) is 112 Å². The molecule has 7 heteroatoms. The Bertz CT molecular complexity index is 1190. The van der Waals surface area contributed by atoms with Gasteiger partial charge in [0, 0.05) is 10.9 Å². The molecule has 2 aromatic carbocycles. The van der Waals surface area contributed by atoms with Gasteiger partial charge in [-0.1, -0.05) is 52.0 Å². The van der Waals surface area contributed by atoms with E-state index in [4.69, 9.17) is 19.6 Å². The third-order valence-electron chi connectivity index (χ3n) is 4.90. The fourth-order valence-electron chi connectivity index (χ4n) is 3.30. The minimum atomic E-state index is -1.42. The molecule has 3 rings (SSSR count). The van der Waals surface area contributed by atoms with Crippen molar-refractivity contribution in [3.63, 3.8) is 0 Å². The summed E-state index contributed by atoms with van der Waals surface area (Å²) in [4.78, 5) is 24.2. The number of nitrogens with two attached hydrogens (primary N) is 1. The molecule has 0 aliphatic carbocycles. The number of primary amides is 1. The van der Waals surface area contributed by atoms with Crippen molar-refractivity contribution in [2.45, 2.75) is 60.2 Å². The standard InChI is InChI=1S/C25H29NO6.C2H6/c1-14(2)13-30-19-11-10-16(12-20(19)31-15(3)23(26)27)21-17-8-6-7-9-18(17)24(28)32-22(21)25(4,5)29;1-2/h6-12,14-15,29H,13H2,1-5H3,(H2,26,27);1-2H3. The summed E-state index contributed by atoms with van der Waals surface area (Å²) < 4.78 is 17.2. The zero-order valence-electron chi connectivity index (χ0n) is 21.0. The van der Waals surface area contributed by atoms with Crippen LogP contribution in [0.25, 0.3) is 21.9 Å². The second-order valence-electron chi connectivity index (χ2n) is 8.73. The van der Waals surface area contributed by atoms with Gasteiger partial charge in [0.2, 0.25) is 0 Å². The van der Waals surface area contributed by atoms with Gasteiger partial charge in [-0.25, -0.2) is 4.79 Å². The van der Waals surface area contributed by atoms with Crippen molar-refractivity contribution in [2.24, 2.45) is 11.7 Å². The van der Waals surface area contributed by atoms with E-state index in [-0.39, 0.29) is 11.7 Å². The molecule has 3 aromatic rings. The van der Waals surface area contributed by atoms with Crippen LogP contribution >= 0.6 is 0 Å². The van der Waals surface area contributed by atoms with Gasteiger partial charge in [-0.2, -0.15) is 0 Å². The molecule has 0 aliphatic rings. The number of fused-ring (bicyclic) bond motifs is 1. The van der Waals surface area contributed by atoms with E-state index in [2.05, 4.69) is 0 Å². The predicted octanol–water partition coefficient (Wildman–Crippen LogP) is 5.00. The lowest BCUT2D eigenvalue weighted by molar-refractivity contribution is -0.124. The lowest BCUT2D eigenvalue weighted by atomic mass is 9.92. The maximum absolute atomic E-state index is 12.5. The molecule has 7 nitrogen and oxygen atoms in total. The second-order valence-corrected chi connectivity index (χ2v) is 8.73. The van der Waals surface area contributed by atoms with E-state index in [9.17, 15) is 14.7 Å². The minimum absolute atomic E-state index is 0.131. The van der Waals surface area contributed by atoms with Crippen LogP contribution in [0.15, 0.2) is 51.7 Å². The molecule has 1 atom stereocenters. The summed E-state index contributed by atoms with van der Waals surface area (Å²) in [6, 6.07) is 12.3. The van der Waals surface area contributed by atoms with Crippen molar-refractivity contribution in [1.29, 1.82) is 0 Å². The van der Waals surface area contributed by atoms with Crippen LogP contribution in [0.4, 0.5) is 0 Å². The zero-order chi connectivity index (χ0) is 25.6. The quantitative estimate of drug-likeness (QED) is 0.480. The molecular formula is C27H35NO6.